The van der Waals surface area contributed by atoms with Gasteiger partial charge in [0.25, 0.3) is 5.91 Å². The molecule has 2 N–H and O–H groups in total. The third kappa shape index (κ3) is 4.19. The van der Waals surface area contributed by atoms with Gasteiger partial charge >= 0.3 is 0 Å². The van der Waals surface area contributed by atoms with Crippen molar-refractivity contribution in [2.75, 3.05) is 12.8 Å². The van der Waals surface area contributed by atoms with E-state index in [-0.39, 0.29) is 11.9 Å². The van der Waals surface area contributed by atoms with Crippen LogP contribution in [0.5, 0.6) is 0 Å². The standard InChI is InChI=1S/C23H26N4O/c1-15-7-6-12-25-21(15)13-16(2)27(4)23(28)19-9-5-8-18(14-19)20-10-11-22(24)26-17(20)3/h5-12,14,16H,13H2,1-4H3,(H2,24,26). The van der Waals surface area contributed by atoms with Crippen LogP contribution in [-0.2, 0) is 6.42 Å². The maximum Gasteiger partial charge on any atom is 0.253 e. The summed E-state index contributed by atoms with van der Waals surface area (Å²) in [6.45, 7) is 6.01. The van der Waals surface area contributed by atoms with E-state index >= 15 is 0 Å². The highest BCUT2D eigenvalue weighted by molar-refractivity contribution is 5.95. The molecule has 1 aromatic carbocycles. The number of carbonyl (C=O) groups is 1. The van der Waals surface area contributed by atoms with Gasteiger partial charge in [-0.2, -0.15) is 0 Å². The highest BCUT2D eigenvalue weighted by Crippen LogP contribution is 2.24. The number of carbonyl (C=O) groups excluding carboxylic acids is 1. The van der Waals surface area contributed by atoms with Gasteiger partial charge in [0.05, 0.1) is 0 Å². The second-order valence-electron chi connectivity index (χ2n) is 7.19. The first-order valence-corrected chi connectivity index (χ1v) is 9.38. The van der Waals surface area contributed by atoms with Crippen molar-refractivity contribution in [1.29, 1.82) is 0 Å². The third-order valence-corrected chi connectivity index (χ3v) is 5.12. The monoisotopic (exact) mass is 374 g/mol. The Morgan fingerprint density at radius 1 is 1.14 bits per heavy atom. The largest absolute Gasteiger partial charge is 0.384 e. The molecule has 2 heterocycles. The molecular formula is C23H26N4O. The number of likely N-dealkylation sites (N-methyl/N-ethyl adjacent to an activating group) is 1. The van der Waals surface area contributed by atoms with Gasteiger partial charge in [0.1, 0.15) is 5.82 Å². The van der Waals surface area contributed by atoms with E-state index in [4.69, 9.17) is 5.73 Å². The van der Waals surface area contributed by atoms with E-state index in [1.54, 1.807) is 17.2 Å². The van der Waals surface area contributed by atoms with Gasteiger partial charge in [-0.1, -0.05) is 18.2 Å². The molecule has 0 saturated heterocycles. The number of nitrogens with zero attached hydrogens (tertiary/aromatic N) is 3. The number of rotatable bonds is 5. The van der Waals surface area contributed by atoms with Gasteiger partial charge in [-0.15, -0.1) is 0 Å². The fraction of sp³-hybridized carbons (Fsp3) is 0.261. The van der Waals surface area contributed by atoms with Gasteiger partial charge < -0.3 is 10.6 Å². The summed E-state index contributed by atoms with van der Waals surface area (Å²) < 4.78 is 0. The quantitative estimate of drug-likeness (QED) is 0.731. The molecule has 0 aliphatic heterocycles. The first kappa shape index (κ1) is 19.5. The number of hydrogen-bond donors (Lipinski definition) is 1. The van der Waals surface area contributed by atoms with E-state index in [1.165, 1.54) is 0 Å². The summed E-state index contributed by atoms with van der Waals surface area (Å²) in [4.78, 5) is 23.6. The number of aryl methyl sites for hydroxylation is 2. The van der Waals surface area contributed by atoms with E-state index in [0.29, 0.717) is 11.4 Å². The van der Waals surface area contributed by atoms with Crippen molar-refractivity contribution >= 4 is 11.7 Å². The van der Waals surface area contributed by atoms with Gasteiger partial charge in [0.2, 0.25) is 0 Å². The molecule has 0 spiro atoms. The summed E-state index contributed by atoms with van der Waals surface area (Å²) in [6, 6.07) is 15.4. The maximum atomic E-state index is 13.1. The average Bonchev–Trinajstić information content (AvgIpc) is 2.68. The van der Waals surface area contributed by atoms with Crippen molar-refractivity contribution in [3.63, 3.8) is 0 Å². The number of amides is 1. The minimum atomic E-state index is -0.0102. The lowest BCUT2D eigenvalue weighted by molar-refractivity contribution is 0.0743. The van der Waals surface area contributed by atoms with Gasteiger partial charge in [-0.25, -0.2) is 4.98 Å². The SMILES string of the molecule is Cc1cccnc1CC(C)N(C)C(=O)c1cccc(-c2ccc(N)nc2C)c1. The zero-order valence-electron chi connectivity index (χ0n) is 16.8. The van der Waals surface area contributed by atoms with Crippen molar-refractivity contribution in [1.82, 2.24) is 14.9 Å². The topological polar surface area (TPSA) is 72.1 Å². The first-order valence-electron chi connectivity index (χ1n) is 9.38. The fourth-order valence-electron chi connectivity index (χ4n) is 3.26. The number of hydrogen-bond acceptors (Lipinski definition) is 4. The molecule has 5 nitrogen and oxygen atoms in total. The first-order chi connectivity index (χ1) is 13.4. The summed E-state index contributed by atoms with van der Waals surface area (Å²) >= 11 is 0. The Balaban J connectivity index is 1.81. The average molecular weight is 374 g/mol. The van der Waals surface area contributed by atoms with Crippen LogP contribution in [-0.4, -0.2) is 33.9 Å². The van der Waals surface area contributed by atoms with Crippen molar-refractivity contribution in [2.24, 2.45) is 0 Å². The van der Waals surface area contributed by atoms with E-state index in [0.717, 1.165) is 34.5 Å². The molecule has 144 valence electrons. The zero-order chi connectivity index (χ0) is 20.3. The summed E-state index contributed by atoms with van der Waals surface area (Å²) in [6.07, 6.45) is 2.51. The lowest BCUT2D eigenvalue weighted by Gasteiger charge is -2.25. The van der Waals surface area contributed by atoms with Gasteiger partial charge in [0.15, 0.2) is 0 Å². The number of nitrogens with two attached hydrogens (primary N) is 1. The van der Waals surface area contributed by atoms with Crippen LogP contribution in [0.1, 0.15) is 34.2 Å². The Bertz CT molecular complexity index is 999. The van der Waals surface area contributed by atoms with Gasteiger partial charge in [-0.3, -0.25) is 9.78 Å². The molecule has 0 radical (unpaired) electrons. The van der Waals surface area contributed by atoms with Crippen molar-refractivity contribution in [2.45, 2.75) is 33.2 Å². The molecule has 1 atom stereocenters. The van der Waals surface area contributed by atoms with Crippen molar-refractivity contribution < 1.29 is 4.79 Å². The second kappa shape index (κ2) is 8.21. The lowest BCUT2D eigenvalue weighted by atomic mass is 10.0. The predicted octanol–water partition coefficient (Wildman–Crippen LogP) is 4.05. The Kier molecular flexibility index (Phi) is 5.73. The molecule has 1 unspecified atom stereocenters. The third-order valence-electron chi connectivity index (χ3n) is 5.12. The number of benzene rings is 1. The molecule has 28 heavy (non-hydrogen) atoms. The molecule has 1 amide bonds. The Hall–Kier alpha value is -3.21. The fourth-order valence-corrected chi connectivity index (χ4v) is 3.26. The van der Waals surface area contributed by atoms with E-state index in [1.807, 2.05) is 70.3 Å². The summed E-state index contributed by atoms with van der Waals surface area (Å²) in [5.41, 5.74) is 11.3. The summed E-state index contributed by atoms with van der Waals surface area (Å²) in [7, 11) is 1.84. The van der Waals surface area contributed by atoms with Gasteiger partial charge in [0, 0.05) is 48.2 Å². The summed E-state index contributed by atoms with van der Waals surface area (Å²) in [5.74, 6) is 0.482. The number of anilines is 1. The molecule has 2 aromatic heterocycles. The lowest BCUT2D eigenvalue weighted by Crippen LogP contribution is -2.36. The highest BCUT2D eigenvalue weighted by Gasteiger charge is 2.19. The van der Waals surface area contributed by atoms with Crippen molar-refractivity contribution in [3.8, 4) is 11.1 Å². The zero-order valence-corrected chi connectivity index (χ0v) is 16.8. The van der Waals surface area contributed by atoms with E-state index < -0.39 is 0 Å². The molecule has 0 saturated carbocycles. The number of aromatic nitrogens is 2. The molecule has 0 bridgehead atoms. The molecule has 3 rings (SSSR count). The second-order valence-corrected chi connectivity index (χ2v) is 7.19. The molecule has 0 aliphatic rings. The molecule has 5 heteroatoms. The Morgan fingerprint density at radius 3 is 2.64 bits per heavy atom. The van der Waals surface area contributed by atoms with Gasteiger partial charge in [-0.05, 0) is 62.2 Å². The predicted molar refractivity (Wildman–Crippen MR) is 113 cm³/mol. The molecule has 3 aromatic rings. The normalized spacial score (nSPS) is 11.9. The number of nitrogen functional groups attached to an aromatic ring is 1. The summed E-state index contributed by atoms with van der Waals surface area (Å²) in [5, 5.41) is 0. The van der Waals surface area contributed by atoms with Crippen LogP contribution in [0.25, 0.3) is 11.1 Å². The van der Waals surface area contributed by atoms with Crippen molar-refractivity contribution in [3.05, 3.63) is 77.2 Å². The number of pyridine rings is 2. The molecule has 0 fully saturated rings. The highest BCUT2D eigenvalue weighted by atomic mass is 16.2. The van der Waals surface area contributed by atoms with Crippen LogP contribution in [0.15, 0.2) is 54.7 Å². The van der Waals surface area contributed by atoms with E-state index in [9.17, 15) is 4.79 Å². The maximum absolute atomic E-state index is 13.1. The smallest absolute Gasteiger partial charge is 0.253 e. The van der Waals surface area contributed by atoms with Crippen LogP contribution in [0, 0.1) is 13.8 Å². The molecular weight excluding hydrogens is 348 g/mol. The van der Waals surface area contributed by atoms with Crippen LogP contribution < -0.4 is 5.73 Å². The van der Waals surface area contributed by atoms with Crippen LogP contribution in [0.3, 0.4) is 0 Å². The van der Waals surface area contributed by atoms with E-state index in [2.05, 4.69) is 9.97 Å². The van der Waals surface area contributed by atoms with Crippen LogP contribution in [0.4, 0.5) is 5.82 Å². The van der Waals surface area contributed by atoms with Crippen LogP contribution >= 0.6 is 0 Å². The molecule has 0 aliphatic carbocycles. The minimum Gasteiger partial charge on any atom is -0.384 e. The van der Waals surface area contributed by atoms with Crippen LogP contribution in [0.2, 0.25) is 0 Å². The minimum absolute atomic E-state index is 0.0102. The Morgan fingerprint density at radius 2 is 1.93 bits per heavy atom. The Labute approximate surface area is 166 Å².